The van der Waals surface area contributed by atoms with Crippen molar-refractivity contribution in [2.24, 2.45) is 5.92 Å². The van der Waals surface area contributed by atoms with Crippen molar-refractivity contribution in [1.29, 1.82) is 0 Å². The van der Waals surface area contributed by atoms with Crippen LogP contribution in [0.5, 0.6) is 0 Å². The molecule has 146 valence electrons. The molecule has 1 aliphatic rings. The van der Waals surface area contributed by atoms with Crippen molar-refractivity contribution in [3.05, 3.63) is 35.4 Å². The van der Waals surface area contributed by atoms with Gasteiger partial charge >= 0.3 is 5.97 Å². The average molecular weight is 361 g/mol. The predicted octanol–water partition coefficient (Wildman–Crippen LogP) is 5.53. The number of hydrogen-bond acceptors (Lipinski definition) is 3. The quantitative estimate of drug-likeness (QED) is 0.441. The van der Waals surface area contributed by atoms with E-state index in [0.717, 1.165) is 31.2 Å². The minimum atomic E-state index is -0.791. The van der Waals surface area contributed by atoms with E-state index in [0.29, 0.717) is 32.3 Å². The molecular formula is C23H36O3. The maximum Gasteiger partial charge on any atom is 0.308 e. The number of carbonyl (C=O) groups is 1. The standard InChI is InChI=1S/C23H36O3/c1-3-5-7-9-19-10-12-21(13-11-19)23(25)16-14-20(15-17-23)22(24)26-18-8-6-4-2/h10-13,20,25H,3-9,14-18H2,1-2H3. The van der Waals surface area contributed by atoms with E-state index in [9.17, 15) is 9.90 Å². The Morgan fingerprint density at radius 3 is 2.27 bits per heavy atom. The second-order valence-corrected chi connectivity index (χ2v) is 7.83. The number of esters is 1. The fraction of sp³-hybridized carbons (Fsp3) is 0.696. The van der Waals surface area contributed by atoms with Crippen LogP contribution in [0.3, 0.4) is 0 Å². The summed E-state index contributed by atoms with van der Waals surface area (Å²) < 4.78 is 5.40. The van der Waals surface area contributed by atoms with Gasteiger partial charge in [0.05, 0.1) is 18.1 Å². The van der Waals surface area contributed by atoms with E-state index < -0.39 is 5.60 Å². The van der Waals surface area contributed by atoms with Crippen LogP contribution < -0.4 is 0 Å². The molecule has 3 nitrogen and oxygen atoms in total. The summed E-state index contributed by atoms with van der Waals surface area (Å²) >= 11 is 0. The highest BCUT2D eigenvalue weighted by molar-refractivity contribution is 5.72. The Labute approximate surface area is 159 Å². The van der Waals surface area contributed by atoms with Gasteiger partial charge in [0.15, 0.2) is 0 Å². The number of unbranched alkanes of at least 4 members (excludes halogenated alkanes) is 4. The molecule has 0 unspecified atom stereocenters. The van der Waals surface area contributed by atoms with E-state index in [2.05, 4.69) is 38.1 Å². The molecule has 1 aliphatic carbocycles. The third-order valence-corrected chi connectivity index (χ3v) is 5.70. The van der Waals surface area contributed by atoms with Crippen LogP contribution in [0.2, 0.25) is 0 Å². The number of aliphatic hydroxyl groups is 1. The first-order valence-corrected chi connectivity index (χ1v) is 10.6. The zero-order valence-electron chi connectivity index (χ0n) is 16.6. The van der Waals surface area contributed by atoms with Crippen LogP contribution in [0.15, 0.2) is 24.3 Å². The van der Waals surface area contributed by atoms with Crippen molar-refractivity contribution in [3.8, 4) is 0 Å². The predicted molar refractivity (Wildman–Crippen MR) is 106 cm³/mol. The topological polar surface area (TPSA) is 46.5 Å². The normalized spacial score (nSPS) is 23.0. The van der Waals surface area contributed by atoms with Gasteiger partial charge in [-0.05, 0) is 56.1 Å². The van der Waals surface area contributed by atoms with Gasteiger partial charge in [-0.25, -0.2) is 0 Å². The zero-order chi connectivity index (χ0) is 18.8. The van der Waals surface area contributed by atoms with Crippen molar-refractivity contribution >= 4 is 5.97 Å². The van der Waals surface area contributed by atoms with Crippen molar-refractivity contribution < 1.29 is 14.6 Å². The van der Waals surface area contributed by atoms with Crippen LogP contribution in [0.25, 0.3) is 0 Å². The monoisotopic (exact) mass is 360 g/mol. The van der Waals surface area contributed by atoms with Crippen molar-refractivity contribution in [3.63, 3.8) is 0 Å². The number of hydrogen-bond donors (Lipinski definition) is 1. The summed E-state index contributed by atoms with van der Waals surface area (Å²) in [4.78, 5) is 12.2. The van der Waals surface area contributed by atoms with Crippen molar-refractivity contribution in [2.75, 3.05) is 6.61 Å². The Morgan fingerprint density at radius 1 is 1.04 bits per heavy atom. The SMILES string of the molecule is CCCCCOC(=O)C1CCC(O)(c2ccc(CCCCC)cc2)CC1. The molecule has 1 aromatic carbocycles. The van der Waals surface area contributed by atoms with E-state index in [1.54, 1.807) is 0 Å². The van der Waals surface area contributed by atoms with E-state index in [1.807, 2.05) is 0 Å². The number of benzene rings is 1. The van der Waals surface area contributed by atoms with Crippen LogP contribution in [0, 0.1) is 5.92 Å². The number of carbonyl (C=O) groups excluding carboxylic acids is 1. The van der Waals surface area contributed by atoms with E-state index >= 15 is 0 Å². The lowest BCUT2D eigenvalue weighted by atomic mass is 9.75. The van der Waals surface area contributed by atoms with E-state index in [1.165, 1.54) is 24.8 Å². The molecule has 1 saturated carbocycles. The highest BCUT2D eigenvalue weighted by atomic mass is 16.5. The first-order valence-electron chi connectivity index (χ1n) is 10.6. The minimum absolute atomic E-state index is 0.0507. The molecule has 0 aromatic heterocycles. The summed E-state index contributed by atoms with van der Waals surface area (Å²) in [6.07, 6.45) is 10.7. The molecule has 1 aromatic rings. The zero-order valence-corrected chi connectivity index (χ0v) is 16.6. The summed E-state index contributed by atoms with van der Waals surface area (Å²) in [5.41, 5.74) is 1.54. The molecule has 0 amide bonds. The Bertz CT molecular complexity index is 527. The molecule has 3 heteroatoms. The number of ether oxygens (including phenoxy) is 1. The second-order valence-electron chi connectivity index (χ2n) is 7.83. The fourth-order valence-corrected chi connectivity index (χ4v) is 3.82. The molecule has 1 fully saturated rings. The van der Waals surface area contributed by atoms with Crippen LogP contribution in [-0.2, 0) is 21.6 Å². The van der Waals surface area contributed by atoms with Gasteiger partial charge < -0.3 is 9.84 Å². The first kappa shape index (κ1) is 21.0. The van der Waals surface area contributed by atoms with Gasteiger partial charge in [0, 0.05) is 0 Å². The van der Waals surface area contributed by atoms with Gasteiger partial charge in [0.1, 0.15) is 0 Å². The Morgan fingerprint density at radius 2 is 1.65 bits per heavy atom. The third kappa shape index (κ3) is 6.12. The maximum atomic E-state index is 12.2. The summed E-state index contributed by atoms with van der Waals surface area (Å²) in [5.74, 6) is -0.125. The molecule has 0 spiro atoms. The van der Waals surface area contributed by atoms with E-state index in [4.69, 9.17) is 4.74 Å². The minimum Gasteiger partial charge on any atom is -0.465 e. The molecule has 0 radical (unpaired) electrons. The van der Waals surface area contributed by atoms with Crippen molar-refractivity contribution in [2.45, 2.75) is 90.1 Å². The molecule has 0 atom stereocenters. The number of rotatable bonds is 10. The lowest BCUT2D eigenvalue weighted by molar-refractivity contribution is -0.152. The smallest absolute Gasteiger partial charge is 0.308 e. The van der Waals surface area contributed by atoms with Gasteiger partial charge in [0.2, 0.25) is 0 Å². The van der Waals surface area contributed by atoms with Crippen LogP contribution in [0.4, 0.5) is 0 Å². The van der Waals surface area contributed by atoms with Crippen LogP contribution in [0.1, 0.15) is 89.2 Å². The lowest BCUT2D eigenvalue weighted by Gasteiger charge is -2.35. The molecule has 0 heterocycles. The van der Waals surface area contributed by atoms with Gasteiger partial charge in [-0.15, -0.1) is 0 Å². The fourth-order valence-electron chi connectivity index (χ4n) is 3.82. The molecule has 26 heavy (non-hydrogen) atoms. The van der Waals surface area contributed by atoms with Crippen LogP contribution >= 0.6 is 0 Å². The molecule has 0 aliphatic heterocycles. The maximum absolute atomic E-state index is 12.2. The molecule has 0 bridgehead atoms. The summed E-state index contributed by atoms with van der Waals surface area (Å²) in [6, 6.07) is 8.45. The molecule has 0 saturated heterocycles. The molecular weight excluding hydrogens is 324 g/mol. The Kier molecular flexibility index (Phi) is 8.64. The van der Waals surface area contributed by atoms with Gasteiger partial charge in [0.25, 0.3) is 0 Å². The van der Waals surface area contributed by atoms with Gasteiger partial charge in [-0.1, -0.05) is 63.8 Å². The summed E-state index contributed by atoms with van der Waals surface area (Å²) in [6.45, 7) is 4.89. The Hall–Kier alpha value is -1.35. The highest BCUT2D eigenvalue weighted by Gasteiger charge is 2.37. The average Bonchev–Trinajstić information content (AvgIpc) is 2.66. The molecule has 2 rings (SSSR count). The molecule has 1 N–H and O–H groups in total. The summed E-state index contributed by atoms with van der Waals surface area (Å²) in [7, 11) is 0. The van der Waals surface area contributed by atoms with E-state index in [-0.39, 0.29) is 11.9 Å². The third-order valence-electron chi connectivity index (χ3n) is 5.70. The highest BCUT2D eigenvalue weighted by Crippen LogP contribution is 2.40. The number of aryl methyl sites for hydroxylation is 1. The van der Waals surface area contributed by atoms with Crippen molar-refractivity contribution in [1.82, 2.24) is 0 Å². The van der Waals surface area contributed by atoms with Crippen LogP contribution in [-0.4, -0.2) is 17.7 Å². The van der Waals surface area contributed by atoms with Gasteiger partial charge in [-0.3, -0.25) is 4.79 Å². The second kappa shape index (κ2) is 10.7. The summed E-state index contributed by atoms with van der Waals surface area (Å²) in [5, 5.41) is 11.0. The Balaban J connectivity index is 1.82. The largest absolute Gasteiger partial charge is 0.465 e. The first-order chi connectivity index (χ1) is 12.6. The van der Waals surface area contributed by atoms with Gasteiger partial charge in [-0.2, -0.15) is 0 Å². The lowest BCUT2D eigenvalue weighted by Crippen LogP contribution is -2.34.